The number of phosphoric ester groups is 2. The highest BCUT2D eigenvalue weighted by atomic mass is 31.2. The first kappa shape index (κ1) is 91.1. The number of aliphatic hydroxyl groups is 1. The van der Waals surface area contributed by atoms with E-state index < -0.39 is 97.5 Å². The molecule has 0 bridgehead atoms. The number of hydrogen-bond acceptors (Lipinski definition) is 15. The van der Waals surface area contributed by atoms with E-state index in [-0.39, 0.29) is 25.7 Å². The third-order valence-corrected chi connectivity index (χ3v) is 19.1. The molecular weight excluding hydrogens is 1220 g/mol. The fraction of sp³-hybridized carbons (Fsp3) is 0.946. The van der Waals surface area contributed by atoms with Crippen molar-refractivity contribution in [2.75, 3.05) is 39.6 Å². The van der Waals surface area contributed by atoms with Crippen LogP contribution in [0.2, 0.25) is 0 Å². The summed E-state index contributed by atoms with van der Waals surface area (Å²) in [4.78, 5) is 72.7. The summed E-state index contributed by atoms with van der Waals surface area (Å²) in [5.41, 5.74) is 0. The van der Waals surface area contributed by atoms with E-state index in [9.17, 15) is 43.2 Å². The minimum atomic E-state index is -4.96. The summed E-state index contributed by atoms with van der Waals surface area (Å²) in [6, 6.07) is 0. The molecule has 0 spiro atoms. The smallest absolute Gasteiger partial charge is 0.462 e. The third-order valence-electron chi connectivity index (χ3n) is 17.2. The average molecular weight is 1370 g/mol. The van der Waals surface area contributed by atoms with Gasteiger partial charge in [-0.3, -0.25) is 37.3 Å². The molecule has 93 heavy (non-hydrogen) atoms. The lowest BCUT2D eigenvalue weighted by atomic mass is 10.0. The second-order valence-electron chi connectivity index (χ2n) is 27.6. The van der Waals surface area contributed by atoms with E-state index in [1.54, 1.807) is 0 Å². The van der Waals surface area contributed by atoms with Crippen LogP contribution >= 0.6 is 15.6 Å². The summed E-state index contributed by atoms with van der Waals surface area (Å²) in [5, 5.41) is 10.6. The Kier molecular flexibility index (Phi) is 64.6. The molecule has 0 rings (SSSR count). The zero-order valence-corrected chi connectivity index (χ0v) is 62.3. The number of rotatable bonds is 73. The Morgan fingerprint density at radius 3 is 0.731 bits per heavy atom. The van der Waals surface area contributed by atoms with Crippen molar-refractivity contribution in [1.29, 1.82) is 0 Å². The minimum absolute atomic E-state index is 0.107. The molecule has 0 saturated heterocycles. The van der Waals surface area contributed by atoms with Gasteiger partial charge in [0.15, 0.2) is 12.2 Å². The monoisotopic (exact) mass is 1370 g/mol. The van der Waals surface area contributed by atoms with Crippen LogP contribution in [0, 0.1) is 11.8 Å². The molecule has 0 aromatic rings. The molecule has 0 heterocycles. The van der Waals surface area contributed by atoms with Crippen molar-refractivity contribution >= 4 is 39.5 Å². The van der Waals surface area contributed by atoms with E-state index in [0.29, 0.717) is 31.6 Å². The van der Waals surface area contributed by atoms with E-state index in [1.807, 2.05) is 0 Å². The molecule has 0 aromatic carbocycles. The predicted octanol–water partition coefficient (Wildman–Crippen LogP) is 21.6. The number of esters is 4. The highest BCUT2D eigenvalue weighted by Gasteiger charge is 2.30. The average Bonchev–Trinajstić information content (AvgIpc) is 1.93. The van der Waals surface area contributed by atoms with Crippen LogP contribution in [-0.2, 0) is 65.4 Å². The van der Waals surface area contributed by atoms with Gasteiger partial charge in [-0.25, -0.2) is 9.13 Å². The molecule has 2 unspecified atom stereocenters. The highest BCUT2D eigenvalue weighted by molar-refractivity contribution is 7.47. The molecule has 0 aliphatic heterocycles. The summed E-state index contributed by atoms with van der Waals surface area (Å²) in [6.45, 7) is 9.54. The number of aliphatic hydroxyl groups excluding tert-OH is 1. The first-order chi connectivity index (χ1) is 44.9. The van der Waals surface area contributed by atoms with Gasteiger partial charge < -0.3 is 33.8 Å². The zero-order valence-electron chi connectivity index (χ0n) is 60.6. The van der Waals surface area contributed by atoms with Crippen LogP contribution in [0.15, 0.2) is 0 Å². The number of carbonyl (C=O) groups is 4. The van der Waals surface area contributed by atoms with Gasteiger partial charge in [-0.05, 0) is 37.5 Å². The van der Waals surface area contributed by atoms with E-state index in [2.05, 4.69) is 41.5 Å². The largest absolute Gasteiger partial charge is 0.472 e. The number of ether oxygens (including phenoxy) is 4. The third kappa shape index (κ3) is 68.4. The Hall–Kier alpha value is -1.94. The molecule has 0 saturated carbocycles. The lowest BCUT2D eigenvalue weighted by Crippen LogP contribution is -2.30. The summed E-state index contributed by atoms with van der Waals surface area (Å²) < 4.78 is 68.5. The topological polar surface area (TPSA) is 237 Å². The maximum atomic E-state index is 13.1. The van der Waals surface area contributed by atoms with Crippen LogP contribution in [0.1, 0.15) is 382 Å². The highest BCUT2D eigenvalue weighted by Crippen LogP contribution is 2.45. The fourth-order valence-corrected chi connectivity index (χ4v) is 12.9. The van der Waals surface area contributed by atoms with Crippen LogP contribution in [-0.4, -0.2) is 96.7 Å². The Bertz CT molecular complexity index is 1800. The first-order valence-corrected chi connectivity index (χ1v) is 41.5. The van der Waals surface area contributed by atoms with Crippen LogP contribution < -0.4 is 0 Å². The maximum absolute atomic E-state index is 13.1. The maximum Gasteiger partial charge on any atom is 0.472 e. The molecule has 0 fully saturated rings. The van der Waals surface area contributed by atoms with Crippen LogP contribution in [0.5, 0.6) is 0 Å². The van der Waals surface area contributed by atoms with Gasteiger partial charge >= 0.3 is 39.5 Å². The van der Waals surface area contributed by atoms with E-state index >= 15 is 0 Å². The molecule has 17 nitrogen and oxygen atoms in total. The van der Waals surface area contributed by atoms with Crippen LogP contribution in [0.25, 0.3) is 0 Å². The summed E-state index contributed by atoms with van der Waals surface area (Å²) in [5.74, 6) is -0.641. The van der Waals surface area contributed by atoms with Gasteiger partial charge in [0.1, 0.15) is 19.3 Å². The van der Waals surface area contributed by atoms with E-state index in [0.717, 1.165) is 102 Å². The van der Waals surface area contributed by atoms with E-state index in [4.69, 9.17) is 37.0 Å². The molecule has 0 aromatic heterocycles. The summed E-state index contributed by atoms with van der Waals surface area (Å²) >= 11 is 0. The van der Waals surface area contributed by atoms with Gasteiger partial charge in [-0.2, -0.15) is 0 Å². The standard InChI is InChI=1S/C74H144O17P2/c1-7-9-11-13-15-17-19-21-22-23-25-29-34-40-47-53-59-74(79)90-69(62-84-71(76)56-50-44-38-32-30-26-27-31-36-42-48-54-66(3)4)64-88-92(80,81)86-60-68(75)61-87-93(82,83)89-65-70(63-85-72(77)57-51-45-41-35-37-43-49-55-67(5)6)91-73(78)58-52-46-39-33-28-24-20-18-16-14-12-10-8-2/h66-70,75H,7-65H2,1-6H3,(H,80,81)(H,82,83)/t68-,69-,70-/m1/s1. The zero-order chi connectivity index (χ0) is 68.6. The number of phosphoric acid groups is 2. The molecule has 19 heteroatoms. The number of carbonyl (C=O) groups excluding carboxylic acids is 4. The first-order valence-electron chi connectivity index (χ1n) is 38.5. The molecule has 3 N–H and O–H groups in total. The molecule has 0 amide bonds. The number of unbranched alkanes of at least 4 members (excludes halogenated alkanes) is 43. The molecule has 0 radical (unpaired) electrons. The van der Waals surface area contributed by atoms with Gasteiger partial charge in [-0.15, -0.1) is 0 Å². The van der Waals surface area contributed by atoms with Gasteiger partial charge in [-0.1, -0.05) is 330 Å². The van der Waals surface area contributed by atoms with Gasteiger partial charge in [0, 0.05) is 25.7 Å². The van der Waals surface area contributed by atoms with E-state index in [1.165, 1.54) is 193 Å². The quantitative estimate of drug-likeness (QED) is 0.0222. The summed E-state index contributed by atoms with van der Waals surface area (Å²) in [7, 11) is -9.91. The van der Waals surface area contributed by atoms with Crippen LogP contribution in [0.3, 0.4) is 0 Å². The SMILES string of the molecule is CCCCCCCCCCCCCCCCCCC(=O)O[C@H](COC(=O)CCCCCCCCCCCCCC(C)C)COP(=O)(O)OC[C@@H](O)COP(=O)(O)OC[C@@H](COC(=O)CCCCCCCCCC(C)C)OC(=O)CCCCCCCCCCCCCCC. The molecular formula is C74H144O17P2. The van der Waals surface area contributed by atoms with Crippen molar-refractivity contribution in [2.45, 2.75) is 400 Å². The van der Waals surface area contributed by atoms with Crippen molar-refractivity contribution in [3.63, 3.8) is 0 Å². The second-order valence-corrected chi connectivity index (χ2v) is 30.5. The Morgan fingerprint density at radius 1 is 0.290 bits per heavy atom. The molecule has 552 valence electrons. The minimum Gasteiger partial charge on any atom is -0.462 e. The Morgan fingerprint density at radius 2 is 0.495 bits per heavy atom. The van der Waals surface area contributed by atoms with Crippen LogP contribution in [0.4, 0.5) is 0 Å². The predicted molar refractivity (Wildman–Crippen MR) is 377 cm³/mol. The summed E-state index contributed by atoms with van der Waals surface area (Å²) in [6.07, 6.45) is 52.7. The molecule has 5 atom stereocenters. The van der Waals surface area contributed by atoms with Crippen molar-refractivity contribution in [1.82, 2.24) is 0 Å². The Labute approximate surface area is 568 Å². The van der Waals surface area contributed by atoms with Crippen molar-refractivity contribution < 1.29 is 80.2 Å². The van der Waals surface area contributed by atoms with Gasteiger partial charge in [0.2, 0.25) is 0 Å². The van der Waals surface area contributed by atoms with Gasteiger partial charge in [0.05, 0.1) is 26.4 Å². The van der Waals surface area contributed by atoms with Crippen molar-refractivity contribution in [3.05, 3.63) is 0 Å². The van der Waals surface area contributed by atoms with Crippen molar-refractivity contribution in [2.24, 2.45) is 11.8 Å². The molecule has 0 aliphatic carbocycles. The normalized spacial score (nSPS) is 14.1. The van der Waals surface area contributed by atoms with Gasteiger partial charge in [0.25, 0.3) is 0 Å². The Balaban J connectivity index is 5.25. The second kappa shape index (κ2) is 66.0. The van der Waals surface area contributed by atoms with Crippen molar-refractivity contribution in [3.8, 4) is 0 Å². The fourth-order valence-electron chi connectivity index (χ4n) is 11.3. The molecule has 0 aliphatic rings. The lowest BCUT2D eigenvalue weighted by molar-refractivity contribution is -0.161. The number of hydrogen-bond donors (Lipinski definition) is 3. The lowest BCUT2D eigenvalue weighted by Gasteiger charge is -2.21.